The molecular weight excluding hydrogens is 582 g/mol. The van der Waals surface area contributed by atoms with Crippen molar-refractivity contribution < 1.29 is 14.3 Å². The standard InChI is InChI=1S/C32H42BrN5O3/c33-26-18-25(19-27(21-26)36-12-10-34-11-13-36)32(40)38-16-14-37(15-17-38)31(39)24-6-7-30(41-28-8-9-35-22-28)29(20-24)23-4-2-1-3-5-23/h6-7,18-21,23,28,34-35H,1-5,8-17,22H2/t28-/m0/s1. The maximum absolute atomic E-state index is 13.7. The van der Waals surface area contributed by atoms with Crippen molar-refractivity contribution in [3.05, 3.63) is 57.6 Å². The minimum atomic E-state index is 0.0253. The van der Waals surface area contributed by atoms with Gasteiger partial charge in [0.2, 0.25) is 0 Å². The molecule has 6 rings (SSSR count). The Hall–Kier alpha value is -2.62. The number of rotatable bonds is 6. The molecule has 2 aromatic carbocycles. The molecule has 3 heterocycles. The van der Waals surface area contributed by atoms with Gasteiger partial charge in [-0.25, -0.2) is 0 Å². The Morgan fingerprint density at radius 2 is 1.46 bits per heavy atom. The van der Waals surface area contributed by atoms with Crippen LogP contribution in [0.2, 0.25) is 0 Å². The first kappa shape index (κ1) is 28.5. The molecule has 1 saturated carbocycles. The van der Waals surface area contributed by atoms with Gasteiger partial charge in [-0.1, -0.05) is 35.2 Å². The van der Waals surface area contributed by atoms with Crippen LogP contribution in [0.3, 0.4) is 0 Å². The van der Waals surface area contributed by atoms with E-state index in [-0.39, 0.29) is 17.9 Å². The van der Waals surface area contributed by atoms with Gasteiger partial charge in [0.15, 0.2) is 0 Å². The summed E-state index contributed by atoms with van der Waals surface area (Å²) >= 11 is 3.61. The Labute approximate surface area is 251 Å². The Bertz CT molecular complexity index is 1230. The van der Waals surface area contributed by atoms with Crippen molar-refractivity contribution in [1.29, 1.82) is 0 Å². The lowest BCUT2D eigenvalue weighted by atomic mass is 9.83. The van der Waals surface area contributed by atoms with Crippen LogP contribution in [-0.2, 0) is 0 Å². The monoisotopic (exact) mass is 623 g/mol. The average Bonchev–Trinajstić information content (AvgIpc) is 3.54. The highest BCUT2D eigenvalue weighted by Gasteiger charge is 2.29. The van der Waals surface area contributed by atoms with Crippen molar-refractivity contribution in [1.82, 2.24) is 20.4 Å². The summed E-state index contributed by atoms with van der Waals surface area (Å²) in [4.78, 5) is 33.2. The number of halogens is 1. The van der Waals surface area contributed by atoms with Crippen molar-refractivity contribution in [3.8, 4) is 5.75 Å². The summed E-state index contributed by atoms with van der Waals surface area (Å²) in [5.41, 5.74) is 3.70. The van der Waals surface area contributed by atoms with Gasteiger partial charge in [-0.2, -0.15) is 0 Å². The zero-order valence-corrected chi connectivity index (χ0v) is 25.5. The zero-order chi connectivity index (χ0) is 28.2. The van der Waals surface area contributed by atoms with E-state index in [1.165, 1.54) is 24.8 Å². The molecule has 4 aliphatic rings. The van der Waals surface area contributed by atoms with E-state index in [1.807, 2.05) is 34.1 Å². The number of hydrogen-bond donors (Lipinski definition) is 2. The van der Waals surface area contributed by atoms with Crippen molar-refractivity contribution in [2.24, 2.45) is 0 Å². The molecule has 2 N–H and O–H groups in total. The van der Waals surface area contributed by atoms with Crippen LogP contribution in [-0.4, -0.2) is 93.2 Å². The molecule has 4 fully saturated rings. The second kappa shape index (κ2) is 13.1. The van der Waals surface area contributed by atoms with E-state index in [0.717, 1.165) is 80.0 Å². The molecule has 0 bridgehead atoms. The molecule has 8 nitrogen and oxygen atoms in total. The lowest BCUT2D eigenvalue weighted by molar-refractivity contribution is 0.0535. The number of hydrogen-bond acceptors (Lipinski definition) is 6. The molecule has 0 radical (unpaired) electrons. The van der Waals surface area contributed by atoms with Gasteiger partial charge in [0.05, 0.1) is 0 Å². The van der Waals surface area contributed by atoms with E-state index in [2.05, 4.69) is 43.6 Å². The van der Waals surface area contributed by atoms with Crippen LogP contribution in [0.15, 0.2) is 40.9 Å². The Balaban J connectivity index is 1.12. The SMILES string of the molecule is O=C(c1cc(Br)cc(N2CCNCC2)c1)N1CCN(C(=O)c2ccc(O[C@H]3CCNC3)c(C3CCCCC3)c2)CC1. The lowest BCUT2D eigenvalue weighted by Crippen LogP contribution is -2.50. The first-order chi connectivity index (χ1) is 20.0. The Morgan fingerprint density at radius 1 is 0.756 bits per heavy atom. The minimum Gasteiger partial charge on any atom is -0.489 e. The molecule has 3 saturated heterocycles. The molecule has 9 heteroatoms. The van der Waals surface area contributed by atoms with E-state index < -0.39 is 0 Å². The molecule has 1 aliphatic carbocycles. The van der Waals surface area contributed by atoms with E-state index in [0.29, 0.717) is 37.7 Å². The topological polar surface area (TPSA) is 77.2 Å². The van der Waals surface area contributed by atoms with Crippen LogP contribution in [0.1, 0.15) is 70.7 Å². The summed E-state index contributed by atoms with van der Waals surface area (Å²) in [6, 6.07) is 12.1. The van der Waals surface area contributed by atoms with Gasteiger partial charge in [-0.05, 0) is 73.7 Å². The van der Waals surface area contributed by atoms with Crippen molar-refractivity contribution >= 4 is 33.4 Å². The fraction of sp³-hybridized carbons (Fsp3) is 0.562. The van der Waals surface area contributed by atoms with Gasteiger partial charge < -0.3 is 30.1 Å². The summed E-state index contributed by atoms with van der Waals surface area (Å²) in [5, 5.41) is 6.77. The quantitative estimate of drug-likeness (QED) is 0.501. The predicted molar refractivity (Wildman–Crippen MR) is 165 cm³/mol. The van der Waals surface area contributed by atoms with Crippen molar-refractivity contribution in [2.45, 2.75) is 50.5 Å². The highest BCUT2D eigenvalue weighted by molar-refractivity contribution is 9.10. The molecular formula is C32H42BrN5O3. The molecule has 3 aliphatic heterocycles. The first-order valence-corrected chi connectivity index (χ1v) is 16.2. The number of anilines is 1. The number of benzene rings is 2. The smallest absolute Gasteiger partial charge is 0.254 e. The van der Waals surface area contributed by atoms with Crippen LogP contribution in [0.4, 0.5) is 5.69 Å². The highest BCUT2D eigenvalue weighted by atomic mass is 79.9. The summed E-state index contributed by atoms with van der Waals surface area (Å²) in [6.45, 7) is 7.76. The molecule has 220 valence electrons. The molecule has 1 atom stereocenters. The van der Waals surface area contributed by atoms with Crippen molar-refractivity contribution in [2.75, 3.05) is 70.3 Å². The molecule has 0 aromatic heterocycles. The van der Waals surface area contributed by atoms with Crippen LogP contribution in [0.25, 0.3) is 0 Å². The van der Waals surface area contributed by atoms with Crippen LogP contribution in [0.5, 0.6) is 5.75 Å². The van der Waals surface area contributed by atoms with E-state index >= 15 is 0 Å². The number of amides is 2. The maximum atomic E-state index is 13.7. The lowest BCUT2D eigenvalue weighted by Gasteiger charge is -2.35. The molecule has 0 spiro atoms. The maximum Gasteiger partial charge on any atom is 0.254 e. The third-order valence-electron chi connectivity index (χ3n) is 9.08. The summed E-state index contributed by atoms with van der Waals surface area (Å²) in [5.74, 6) is 1.47. The van der Waals surface area contributed by atoms with Gasteiger partial charge in [-0.3, -0.25) is 9.59 Å². The van der Waals surface area contributed by atoms with Gasteiger partial charge in [0.1, 0.15) is 11.9 Å². The van der Waals surface area contributed by atoms with E-state index in [9.17, 15) is 9.59 Å². The summed E-state index contributed by atoms with van der Waals surface area (Å²) in [7, 11) is 0. The first-order valence-electron chi connectivity index (χ1n) is 15.4. The second-order valence-electron chi connectivity index (χ2n) is 11.8. The zero-order valence-electron chi connectivity index (χ0n) is 23.9. The number of carbonyl (C=O) groups excluding carboxylic acids is 2. The van der Waals surface area contributed by atoms with Crippen LogP contribution in [0, 0.1) is 0 Å². The number of nitrogens with one attached hydrogen (secondary N) is 2. The number of ether oxygens (including phenoxy) is 1. The average molecular weight is 625 g/mol. The Morgan fingerprint density at radius 3 is 2.15 bits per heavy atom. The third kappa shape index (κ3) is 6.73. The number of nitrogens with zero attached hydrogens (tertiary/aromatic N) is 3. The largest absolute Gasteiger partial charge is 0.489 e. The van der Waals surface area contributed by atoms with E-state index in [1.54, 1.807) is 0 Å². The predicted octanol–water partition coefficient (Wildman–Crippen LogP) is 4.25. The fourth-order valence-corrected chi connectivity index (χ4v) is 7.19. The van der Waals surface area contributed by atoms with Gasteiger partial charge in [0, 0.05) is 80.2 Å². The minimum absolute atomic E-state index is 0.0253. The van der Waals surface area contributed by atoms with E-state index in [4.69, 9.17) is 4.74 Å². The summed E-state index contributed by atoms with van der Waals surface area (Å²) < 4.78 is 7.35. The van der Waals surface area contributed by atoms with Crippen molar-refractivity contribution in [3.63, 3.8) is 0 Å². The second-order valence-corrected chi connectivity index (χ2v) is 12.8. The number of carbonyl (C=O) groups is 2. The molecule has 2 aromatic rings. The molecule has 0 unspecified atom stereocenters. The van der Waals surface area contributed by atoms with Gasteiger partial charge >= 0.3 is 0 Å². The normalized spacial score (nSPS) is 22.2. The molecule has 41 heavy (non-hydrogen) atoms. The Kier molecular flexibility index (Phi) is 9.13. The van der Waals surface area contributed by atoms with Crippen LogP contribution < -0.4 is 20.3 Å². The molecule has 2 amide bonds. The third-order valence-corrected chi connectivity index (χ3v) is 9.53. The summed E-state index contributed by atoms with van der Waals surface area (Å²) in [6.07, 6.45) is 7.29. The fourth-order valence-electron chi connectivity index (χ4n) is 6.71. The highest BCUT2D eigenvalue weighted by Crippen LogP contribution is 2.39. The van der Waals surface area contributed by atoms with Gasteiger partial charge in [-0.15, -0.1) is 0 Å². The van der Waals surface area contributed by atoms with Gasteiger partial charge in [0.25, 0.3) is 11.8 Å². The number of piperazine rings is 2. The van der Waals surface area contributed by atoms with Crippen LogP contribution >= 0.6 is 15.9 Å².